The summed E-state index contributed by atoms with van der Waals surface area (Å²) in [7, 11) is 4.46. The molecule has 0 radical (unpaired) electrons. The van der Waals surface area contributed by atoms with E-state index in [0.29, 0.717) is 0 Å². The summed E-state index contributed by atoms with van der Waals surface area (Å²) in [5.41, 5.74) is 6.48. The molecular formula is C21H22ClN3. The van der Waals surface area contributed by atoms with Crippen molar-refractivity contribution in [2.75, 3.05) is 32.1 Å². The van der Waals surface area contributed by atoms with Gasteiger partial charge in [0.15, 0.2) is 0 Å². The van der Waals surface area contributed by atoms with Gasteiger partial charge in [0.05, 0.1) is 11.2 Å². The molecule has 0 amide bonds. The Kier molecular flexibility index (Phi) is 3.22. The van der Waals surface area contributed by atoms with Crippen LogP contribution >= 0.6 is 11.6 Å². The molecule has 0 unspecified atom stereocenters. The molecule has 1 spiro atoms. The normalized spacial score (nSPS) is 19.2. The lowest BCUT2D eigenvalue weighted by Gasteiger charge is -2.51. The topological polar surface area (TPSA) is 22.3 Å². The Labute approximate surface area is 153 Å². The molecule has 1 fully saturated rings. The predicted octanol–water partition coefficient (Wildman–Crippen LogP) is 4.86. The van der Waals surface area contributed by atoms with Crippen LogP contribution in [-0.4, -0.2) is 37.1 Å². The molecule has 0 aliphatic carbocycles. The van der Waals surface area contributed by atoms with Gasteiger partial charge >= 0.3 is 0 Å². The van der Waals surface area contributed by atoms with E-state index in [1.165, 1.54) is 33.4 Å². The zero-order valence-corrected chi connectivity index (χ0v) is 15.4. The van der Waals surface area contributed by atoms with Gasteiger partial charge < -0.3 is 14.8 Å². The SMILES string of the molecule is CN1CCC2(CC1)c1c([nH]c3ccccc13)-c1ccc(Cl)cc1N2C. The van der Waals surface area contributed by atoms with E-state index in [1.807, 2.05) is 6.07 Å². The zero-order chi connectivity index (χ0) is 17.2. The van der Waals surface area contributed by atoms with Crippen LogP contribution in [0.25, 0.3) is 22.2 Å². The Morgan fingerprint density at radius 3 is 2.60 bits per heavy atom. The molecule has 1 N–H and O–H groups in total. The monoisotopic (exact) mass is 351 g/mol. The molecule has 128 valence electrons. The Morgan fingerprint density at radius 2 is 1.80 bits per heavy atom. The molecule has 25 heavy (non-hydrogen) atoms. The van der Waals surface area contributed by atoms with Gasteiger partial charge in [0, 0.05) is 52.9 Å². The number of para-hydroxylation sites is 1. The minimum atomic E-state index is 0.0269. The molecular weight excluding hydrogens is 330 g/mol. The largest absolute Gasteiger partial charge is 0.364 e. The van der Waals surface area contributed by atoms with E-state index in [2.05, 4.69) is 65.3 Å². The first-order valence-electron chi connectivity index (χ1n) is 8.94. The van der Waals surface area contributed by atoms with Crippen molar-refractivity contribution in [3.8, 4) is 11.3 Å². The number of H-pyrrole nitrogens is 1. The van der Waals surface area contributed by atoms with Crippen LogP contribution in [0.15, 0.2) is 42.5 Å². The molecule has 4 heteroatoms. The molecule has 1 aromatic heterocycles. The molecule has 5 rings (SSSR count). The van der Waals surface area contributed by atoms with E-state index in [-0.39, 0.29) is 5.54 Å². The number of anilines is 1. The molecule has 3 nitrogen and oxygen atoms in total. The number of piperidine rings is 1. The number of aromatic nitrogens is 1. The minimum Gasteiger partial charge on any atom is -0.364 e. The maximum absolute atomic E-state index is 6.35. The fourth-order valence-corrected chi connectivity index (χ4v) is 4.96. The van der Waals surface area contributed by atoms with Crippen LogP contribution < -0.4 is 4.90 Å². The summed E-state index contributed by atoms with van der Waals surface area (Å²) in [4.78, 5) is 8.63. The van der Waals surface area contributed by atoms with Gasteiger partial charge in [-0.25, -0.2) is 0 Å². The van der Waals surface area contributed by atoms with Crippen LogP contribution in [0.5, 0.6) is 0 Å². The second kappa shape index (κ2) is 5.26. The van der Waals surface area contributed by atoms with Crippen LogP contribution in [0.2, 0.25) is 5.02 Å². The standard InChI is InChI=1S/C21H22ClN3/c1-24-11-9-21(10-12-24)19-15-5-3-4-6-17(15)23-20(19)16-8-7-14(22)13-18(16)25(21)2/h3-8,13,23H,9-12H2,1-2H3. The van der Waals surface area contributed by atoms with Crippen molar-refractivity contribution in [2.45, 2.75) is 18.4 Å². The predicted molar refractivity (Wildman–Crippen MR) is 106 cm³/mol. The number of fused-ring (bicyclic) bond motifs is 6. The lowest BCUT2D eigenvalue weighted by molar-refractivity contribution is 0.186. The fraction of sp³-hybridized carbons (Fsp3) is 0.333. The summed E-state index contributed by atoms with van der Waals surface area (Å²) < 4.78 is 0. The van der Waals surface area contributed by atoms with Crippen LogP contribution in [0.3, 0.4) is 0 Å². The highest BCUT2D eigenvalue weighted by Gasteiger charge is 2.46. The van der Waals surface area contributed by atoms with Gasteiger partial charge in [0.2, 0.25) is 0 Å². The van der Waals surface area contributed by atoms with Gasteiger partial charge in [-0.15, -0.1) is 0 Å². The number of likely N-dealkylation sites (tertiary alicyclic amines) is 1. The Morgan fingerprint density at radius 1 is 1.04 bits per heavy atom. The highest BCUT2D eigenvalue weighted by Crippen LogP contribution is 2.53. The third kappa shape index (κ3) is 2.03. The van der Waals surface area contributed by atoms with E-state index in [1.54, 1.807) is 0 Å². The van der Waals surface area contributed by atoms with Gasteiger partial charge in [-0.1, -0.05) is 29.8 Å². The number of rotatable bonds is 0. The molecule has 0 bridgehead atoms. The molecule has 3 aromatic rings. The Bertz CT molecular complexity index is 966. The molecule has 3 heterocycles. The third-order valence-electron chi connectivity index (χ3n) is 6.22. The van der Waals surface area contributed by atoms with Crippen molar-refractivity contribution in [1.29, 1.82) is 0 Å². The van der Waals surface area contributed by atoms with E-state index in [9.17, 15) is 0 Å². The molecule has 2 aliphatic heterocycles. The Hall–Kier alpha value is -1.97. The van der Waals surface area contributed by atoms with Crippen molar-refractivity contribution < 1.29 is 0 Å². The van der Waals surface area contributed by atoms with Crippen molar-refractivity contribution in [3.63, 3.8) is 0 Å². The number of benzene rings is 2. The van der Waals surface area contributed by atoms with Crippen LogP contribution in [0.4, 0.5) is 5.69 Å². The second-order valence-corrected chi connectivity index (χ2v) is 7.91. The van der Waals surface area contributed by atoms with Crippen molar-refractivity contribution in [1.82, 2.24) is 9.88 Å². The third-order valence-corrected chi connectivity index (χ3v) is 6.45. The number of nitrogens with one attached hydrogen (secondary N) is 1. The van der Waals surface area contributed by atoms with Crippen molar-refractivity contribution in [2.24, 2.45) is 0 Å². The van der Waals surface area contributed by atoms with Gasteiger partial charge in [-0.2, -0.15) is 0 Å². The second-order valence-electron chi connectivity index (χ2n) is 7.48. The number of halogens is 1. The zero-order valence-electron chi connectivity index (χ0n) is 14.6. The highest BCUT2D eigenvalue weighted by atomic mass is 35.5. The van der Waals surface area contributed by atoms with Gasteiger partial charge in [0.25, 0.3) is 0 Å². The van der Waals surface area contributed by atoms with Gasteiger partial charge in [-0.05, 0) is 44.2 Å². The number of hydrogen-bond donors (Lipinski definition) is 1. The number of nitrogens with zero attached hydrogens (tertiary/aromatic N) is 2. The molecule has 2 aromatic carbocycles. The van der Waals surface area contributed by atoms with E-state index >= 15 is 0 Å². The summed E-state index contributed by atoms with van der Waals surface area (Å²) in [6.45, 7) is 2.22. The average Bonchev–Trinajstić information content (AvgIpc) is 3.02. The first-order valence-corrected chi connectivity index (χ1v) is 9.31. The first-order chi connectivity index (χ1) is 12.1. The molecule has 2 aliphatic rings. The van der Waals surface area contributed by atoms with Crippen molar-refractivity contribution >= 4 is 28.2 Å². The minimum absolute atomic E-state index is 0.0269. The van der Waals surface area contributed by atoms with Crippen LogP contribution in [0.1, 0.15) is 18.4 Å². The highest BCUT2D eigenvalue weighted by molar-refractivity contribution is 6.31. The summed E-state index contributed by atoms with van der Waals surface area (Å²) >= 11 is 6.35. The van der Waals surface area contributed by atoms with Gasteiger partial charge in [-0.3, -0.25) is 0 Å². The van der Waals surface area contributed by atoms with E-state index < -0.39 is 0 Å². The van der Waals surface area contributed by atoms with E-state index in [4.69, 9.17) is 11.6 Å². The average molecular weight is 352 g/mol. The molecule has 0 saturated carbocycles. The molecule has 0 atom stereocenters. The smallest absolute Gasteiger partial charge is 0.0702 e. The molecule has 1 saturated heterocycles. The lowest BCUT2D eigenvalue weighted by atomic mass is 9.74. The fourth-order valence-electron chi connectivity index (χ4n) is 4.79. The summed E-state index contributed by atoms with van der Waals surface area (Å²) in [6.07, 6.45) is 2.25. The van der Waals surface area contributed by atoms with Crippen molar-refractivity contribution in [3.05, 3.63) is 53.1 Å². The summed E-state index contributed by atoms with van der Waals surface area (Å²) in [5.74, 6) is 0. The van der Waals surface area contributed by atoms with E-state index in [0.717, 1.165) is 31.0 Å². The van der Waals surface area contributed by atoms with Crippen LogP contribution in [-0.2, 0) is 5.54 Å². The summed E-state index contributed by atoms with van der Waals surface area (Å²) in [6, 6.07) is 15.0. The summed E-state index contributed by atoms with van der Waals surface area (Å²) in [5, 5.41) is 2.16. The van der Waals surface area contributed by atoms with Gasteiger partial charge in [0.1, 0.15) is 0 Å². The maximum Gasteiger partial charge on any atom is 0.0702 e. The lowest BCUT2D eigenvalue weighted by Crippen LogP contribution is -2.52. The Balaban J connectivity index is 1.85. The van der Waals surface area contributed by atoms with Crippen LogP contribution in [0, 0.1) is 0 Å². The number of aromatic amines is 1. The quantitative estimate of drug-likeness (QED) is 0.625. The first kappa shape index (κ1) is 15.3. The number of hydrogen-bond acceptors (Lipinski definition) is 2. The maximum atomic E-state index is 6.35.